The second kappa shape index (κ2) is 7.65. The summed E-state index contributed by atoms with van der Waals surface area (Å²) in [6.07, 6.45) is 1.74. The van der Waals surface area contributed by atoms with Crippen molar-refractivity contribution in [2.24, 2.45) is 0 Å². The molecule has 128 valence electrons. The van der Waals surface area contributed by atoms with Gasteiger partial charge in [0.2, 0.25) is 0 Å². The van der Waals surface area contributed by atoms with Gasteiger partial charge in [0, 0.05) is 12.6 Å². The first-order chi connectivity index (χ1) is 12.1. The van der Waals surface area contributed by atoms with Crippen LogP contribution in [0.25, 0.3) is 0 Å². The van der Waals surface area contributed by atoms with Crippen molar-refractivity contribution in [2.45, 2.75) is 6.42 Å². The number of nitrogens with zero attached hydrogens (tertiary/aromatic N) is 2. The maximum atomic E-state index is 13.7. The number of halogens is 3. The van der Waals surface area contributed by atoms with Crippen molar-refractivity contribution in [2.75, 3.05) is 17.2 Å². The van der Waals surface area contributed by atoms with E-state index < -0.39 is 11.6 Å². The number of aromatic nitrogens is 2. The zero-order chi connectivity index (χ0) is 17.6. The summed E-state index contributed by atoms with van der Waals surface area (Å²) in [7, 11) is 0. The number of benzene rings is 2. The van der Waals surface area contributed by atoms with Gasteiger partial charge in [0.1, 0.15) is 41.1 Å². The van der Waals surface area contributed by atoms with Crippen LogP contribution in [0.5, 0.6) is 0 Å². The van der Waals surface area contributed by atoms with E-state index in [-0.39, 0.29) is 17.3 Å². The third-order valence-electron chi connectivity index (χ3n) is 3.54. The predicted octanol–water partition coefficient (Wildman–Crippen LogP) is 4.29. The molecule has 7 heteroatoms. The summed E-state index contributed by atoms with van der Waals surface area (Å²) in [6.45, 7) is 0.450. The van der Waals surface area contributed by atoms with Gasteiger partial charge in [-0.05, 0) is 30.2 Å². The highest BCUT2D eigenvalue weighted by atomic mass is 19.1. The molecule has 0 aliphatic heterocycles. The normalized spacial score (nSPS) is 10.5. The Morgan fingerprint density at radius 2 is 1.48 bits per heavy atom. The van der Waals surface area contributed by atoms with E-state index in [1.165, 1.54) is 24.5 Å². The van der Waals surface area contributed by atoms with E-state index in [0.29, 0.717) is 24.3 Å². The monoisotopic (exact) mass is 344 g/mol. The van der Waals surface area contributed by atoms with E-state index in [4.69, 9.17) is 0 Å². The van der Waals surface area contributed by atoms with Crippen LogP contribution in [0.4, 0.5) is 30.5 Å². The summed E-state index contributed by atoms with van der Waals surface area (Å²) in [4.78, 5) is 7.98. The molecule has 2 N–H and O–H groups in total. The van der Waals surface area contributed by atoms with Gasteiger partial charge in [0.05, 0.1) is 0 Å². The molecule has 0 aliphatic carbocycles. The SMILES string of the molecule is Fc1ccccc1CCNc1cc(Nc2c(F)cccc2F)ncn1. The molecular formula is C18H15F3N4. The van der Waals surface area contributed by atoms with Crippen LogP contribution in [-0.2, 0) is 6.42 Å². The molecule has 0 radical (unpaired) electrons. The summed E-state index contributed by atoms with van der Waals surface area (Å²) >= 11 is 0. The third-order valence-corrected chi connectivity index (χ3v) is 3.54. The molecule has 0 aliphatic rings. The quantitative estimate of drug-likeness (QED) is 0.700. The smallest absolute Gasteiger partial charge is 0.149 e. The summed E-state index contributed by atoms with van der Waals surface area (Å²) in [6, 6.07) is 11.6. The molecule has 0 atom stereocenters. The van der Waals surface area contributed by atoms with Crippen LogP contribution in [0, 0.1) is 17.5 Å². The van der Waals surface area contributed by atoms with E-state index in [9.17, 15) is 13.2 Å². The average molecular weight is 344 g/mol. The largest absolute Gasteiger partial charge is 0.370 e. The van der Waals surface area contributed by atoms with Crippen LogP contribution in [0.2, 0.25) is 0 Å². The molecule has 3 rings (SSSR count). The Morgan fingerprint density at radius 1 is 0.800 bits per heavy atom. The molecule has 0 saturated heterocycles. The molecule has 4 nitrogen and oxygen atoms in total. The van der Waals surface area contributed by atoms with Crippen LogP contribution >= 0.6 is 0 Å². The highest BCUT2D eigenvalue weighted by molar-refractivity contribution is 5.60. The van der Waals surface area contributed by atoms with Crippen LogP contribution in [0.3, 0.4) is 0 Å². The second-order valence-corrected chi connectivity index (χ2v) is 5.28. The van der Waals surface area contributed by atoms with E-state index in [1.807, 2.05) is 0 Å². The van der Waals surface area contributed by atoms with Crippen molar-refractivity contribution < 1.29 is 13.2 Å². The van der Waals surface area contributed by atoms with Gasteiger partial charge >= 0.3 is 0 Å². The van der Waals surface area contributed by atoms with Crippen molar-refractivity contribution in [3.05, 3.63) is 77.9 Å². The lowest BCUT2D eigenvalue weighted by molar-refractivity contribution is 0.590. The molecule has 25 heavy (non-hydrogen) atoms. The Morgan fingerprint density at radius 3 is 2.24 bits per heavy atom. The Hall–Kier alpha value is -3.09. The maximum Gasteiger partial charge on any atom is 0.149 e. The first-order valence-corrected chi connectivity index (χ1v) is 7.64. The summed E-state index contributed by atoms with van der Waals surface area (Å²) in [5.41, 5.74) is 0.314. The number of para-hydroxylation sites is 1. The molecular weight excluding hydrogens is 329 g/mol. The van der Waals surface area contributed by atoms with E-state index in [0.717, 1.165) is 12.1 Å². The number of rotatable bonds is 6. The van der Waals surface area contributed by atoms with Crippen molar-refractivity contribution in [1.82, 2.24) is 9.97 Å². The molecule has 3 aromatic rings. The lowest BCUT2D eigenvalue weighted by Crippen LogP contribution is -2.08. The Labute approximate surface area is 142 Å². The molecule has 1 aromatic heterocycles. The van der Waals surface area contributed by atoms with Crippen molar-refractivity contribution in [3.8, 4) is 0 Å². The fraction of sp³-hybridized carbons (Fsp3) is 0.111. The van der Waals surface area contributed by atoms with Gasteiger partial charge < -0.3 is 10.6 Å². The fourth-order valence-electron chi connectivity index (χ4n) is 2.29. The summed E-state index contributed by atoms with van der Waals surface area (Å²) in [5, 5.41) is 5.63. The number of hydrogen-bond acceptors (Lipinski definition) is 4. The van der Waals surface area contributed by atoms with Crippen LogP contribution in [0.15, 0.2) is 54.9 Å². The van der Waals surface area contributed by atoms with E-state index in [1.54, 1.807) is 18.2 Å². The van der Waals surface area contributed by atoms with Crippen molar-refractivity contribution >= 4 is 17.3 Å². The molecule has 0 fully saturated rings. The van der Waals surface area contributed by atoms with Crippen molar-refractivity contribution in [1.29, 1.82) is 0 Å². The first-order valence-electron chi connectivity index (χ1n) is 7.64. The highest BCUT2D eigenvalue weighted by Gasteiger charge is 2.09. The van der Waals surface area contributed by atoms with Gasteiger partial charge in [-0.15, -0.1) is 0 Å². The Bertz CT molecular complexity index is 850. The number of hydrogen-bond donors (Lipinski definition) is 2. The third kappa shape index (κ3) is 4.26. The Kier molecular flexibility index (Phi) is 5.13. The van der Waals surface area contributed by atoms with Crippen LogP contribution in [-0.4, -0.2) is 16.5 Å². The lowest BCUT2D eigenvalue weighted by Gasteiger charge is -2.10. The minimum atomic E-state index is -0.715. The molecule has 2 aromatic carbocycles. The predicted molar refractivity (Wildman–Crippen MR) is 90.3 cm³/mol. The summed E-state index contributed by atoms with van der Waals surface area (Å²) in [5.74, 6) is -0.984. The topological polar surface area (TPSA) is 49.8 Å². The number of nitrogens with one attached hydrogen (secondary N) is 2. The van der Waals surface area contributed by atoms with Gasteiger partial charge in [0.15, 0.2) is 0 Å². The van der Waals surface area contributed by atoms with Gasteiger partial charge in [-0.3, -0.25) is 0 Å². The van der Waals surface area contributed by atoms with Crippen molar-refractivity contribution in [3.63, 3.8) is 0 Å². The van der Waals surface area contributed by atoms with Gasteiger partial charge in [-0.25, -0.2) is 23.1 Å². The van der Waals surface area contributed by atoms with Gasteiger partial charge in [-0.1, -0.05) is 24.3 Å². The van der Waals surface area contributed by atoms with E-state index in [2.05, 4.69) is 20.6 Å². The highest BCUT2D eigenvalue weighted by Crippen LogP contribution is 2.22. The van der Waals surface area contributed by atoms with Crippen LogP contribution < -0.4 is 10.6 Å². The fourth-order valence-corrected chi connectivity index (χ4v) is 2.29. The minimum Gasteiger partial charge on any atom is -0.370 e. The minimum absolute atomic E-state index is 0.243. The molecule has 0 bridgehead atoms. The summed E-state index contributed by atoms with van der Waals surface area (Å²) < 4.78 is 40.9. The standard InChI is InChI=1S/C18H15F3N4/c19-13-5-2-1-4-12(13)8-9-22-16-10-17(24-11-23-16)25-18-14(20)6-3-7-15(18)21/h1-7,10-11H,8-9H2,(H2,22,23,24,25). The zero-order valence-electron chi connectivity index (χ0n) is 13.1. The second-order valence-electron chi connectivity index (χ2n) is 5.28. The molecule has 0 saturated carbocycles. The van der Waals surface area contributed by atoms with E-state index >= 15 is 0 Å². The first kappa shape index (κ1) is 16.8. The molecule has 0 spiro atoms. The van der Waals surface area contributed by atoms with Gasteiger partial charge in [-0.2, -0.15) is 0 Å². The number of anilines is 3. The maximum absolute atomic E-state index is 13.7. The lowest BCUT2D eigenvalue weighted by atomic mass is 10.1. The zero-order valence-corrected chi connectivity index (χ0v) is 13.1. The van der Waals surface area contributed by atoms with Gasteiger partial charge in [0.25, 0.3) is 0 Å². The van der Waals surface area contributed by atoms with Crippen LogP contribution in [0.1, 0.15) is 5.56 Å². The molecule has 0 unspecified atom stereocenters. The average Bonchev–Trinajstić information content (AvgIpc) is 2.60. The molecule has 1 heterocycles. The molecule has 0 amide bonds. The Balaban J connectivity index is 1.65.